The van der Waals surface area contributed by atoms with Gasteiger partial charge in [-0.15, -0.1) is 0 Å². The number of halogens is 2. The van der Waals surface area contributed by atoms with Crippen LogP contribution >= 0.6 is 11.8 Å². The van der Waals surface area contributed by atoms with Gasteiger partial charge in [0.15, 0.2) is 0 Å². The summed E-state index contributed by atoms with van der Waals surface area (Å²) >= 11 is 1.65. The first-order chi connectivity index (χ1) is 17.0. The number of anilines is 2. The molecule has 9 heteroatoms. The van der Waals surface area contributed by atoms with Crippen LogP contribution in [-0.2, 0) is 9.59 Å². The summed E-state index contributed by atoms with van der Waals surface area (Å²) in [6.07, 6.45) is 0.956. The Morgan fingerprint density at radius 3 is 1.29 bits per heavy atom. The number of carbonyl (C=O) groups excluding carboxylic acids is 2. The van der Waals surface area contributed by atoms with Gasteiger partial charge in [-0.05, 0) is 48.5 Å². The number of amides is 2. The van der Waals surface area contributed by atoms with Crippen molar-refractivity contribution in [1.29, 1.82) is 0 Å². The van der Waals surface area contributed by atoms with Gasteiger partial charge in [-0.2, -0.15) is 11.8 Å². The van der Waals surface area contributed by atoms with E-state index in [4.69, 9.17) is 0 Å². The summed E-state index contributed by atoms with van der Waals surface area (Å²) in [5.74, 6) is 1.24. The summed E-state index contributed by atoms with van der Waals surface area (Å²) in [5.41, 5.74) is 1.96. The summed E-state index contributed by atoms with van der Waals surface area (Å²) in [6, 6.07) is 12.9. The van der Waals surface area contributed by atoms with Gasteiger partial charge in [0.25, 0.3) is 0 Å². The Hall–Kier alpha value is -2.81. The Bertz CT molecular complexity index is 894. The zero-order valence-electron chi connectivity index (χ0n) is 19.9. The number of nitrogens with zero attached hydrogens (tertiary/aromatic N) is 4. The van der Waals surface area contributed by atoms with Gasteiger partial charge in [-0.25, -0.2) is 8.78 Å². The van der Waals surface area contributed by atoms with Crippen molar-refractivity contribution in [3.63, 3.8) is 0 Å². The first kappa shape index (κ1) is 25.3. The minimum Gasteiger partial charge on any atom is -0.368 e. The van der Waals surface area contributed by atoms with Crippen LogP contribution in [0.2, 0.25) is 0 Å². The van der Waals surface area contributed by atoms with E-state index in [9.17, 15) is 18.4 Å². The highest BCUT2D eigenvalue weighted by atomic mass is 32.2. The Kier molecular flexibility index (Phi) is 8.84. The second-order valence-corrected chi connectivity index (χ2v) is 10.0. The summed E-state index contributed by atoms with van der Waals surface area (Å²) < 4.78 is 26.2. The highest BCUT2D eigenvalue weighted by Crippen LogP contribution is 2.19. The number of benzene rings is 2. The van der Waals surface area contributed by atoms with E-state index in [-0.39, 0.29) is 23.4 Å². The van der Waals surface area contributed by atoms with Gasteiger partial charge in [0, 0.05) is 88.1 Å². The smallest absolute Gasteiger partial charge is 0.223 e. The molecule has 0 aliphatic carbocycles. The van der Waals surface area contributed by atoms with E-state index in [0.29, 0.717) is 50.5 Å². The molecule has 188 valence electrons. The average Bonchev–Trinajstić information content (AvgIpc) is 2.89. The van der Waals surface area contributed by atoms with E-state index in [2.05, 4.69) is 9.80 Å². The lowest BCUT2D eigenvalue weighted by Gasteiger charge is -2.36. The van der Waals surface area contributed by atoms with Crippen LogP contribution in [-0.4, -0.2) is 85.5 Å². The number of hydrogen-bond acceptors (Lipinski definition) is 5. The second-order valence-electron chi connectivity index (χ2n) is 8.80. The van der Waals surface area contributed by atoms with Crippen molar-refractivity contribution >= 4 is 35.0 Å². The molecule has 2 aliphatic heterocycles. The third-order valence-electron chi connectivity index (χ3n) is 6.57. The molecule has 0 aromatic heterocycles. The maximum absolute atomic E-state index is 13.1. The molecule has 4 rings (SSSR count). The molecule has 2 aromatic rings. The summed E-state index contributed by atoms with van der Waals surface area (Å²) in [7, 11) is 0. The fourth-order valence-electron chi connectivity index (χ4n) is 4.47. The minimum absolute atomic E-state index is 0.152. The lowest BCUT2D eigenvalue weighted by atomic mass is 10.2. The standard InChI is InChI=1S/C26H32F2N4O2S/c27-21-1-5-23(6-2-21)29-11-15-31(16-12-29)25(33)9-19-35-20-10-26(34)32-17-13-30(14-18-32)24-7-3-22(28)4-8-24/h1-8H,9-20H2. The Labute approximate surface area is 209 Å². The van der Waals surface area contributed by atoms with Crippen molar-refractivity contribution in [2.75, 3.05) is 73.7 Å². The van der Waals surface area contributed by atoms with Crippen molar-refractivity contribution in [3.8, 4) is 0 Å². The van der Waals surface area contributed by atoms with Crippen molar-refractivity contribution < 1.29 is 18.4 Å². The van der Waals surface area contributed by atoms with E-state index in [1.54, 1.807) is 36.0 Å². The number of rotatable bonds is 8. The SMILES string of the molecule is O=C(CCSCCC(=O)N1CCN(c2ccc(F)cc2)CC1)N1CCN(c2ccc(F)cc2)CC1. The second kappa shape index (κ2) is 12.2. The van der Waals surface area contributed by atoms with Gasteiger partial charge in [0.05, 0.1) is 0 Å². The summed E-state index contributed by atoms with van der Waals surface area (Å²) in [5, 5.41) is 0. The molecule has 6 nitrogen and oxygen atoms in total. The topological polar surface area (TPSA) is 47.1 Å². The largest absolute Gasteiger partial charge is 0.368 e. The van der Waals surface area contributed by atoms with Crippen LogP contribution in [0.4, 0.5) is 20.2 Å². The van der Waals surface area contributed by atoms with Gasteiger partial charge >= 0.3 is 0 Å². The highest BCUT2D eigenvalue weighted by molar-refractivity contribution is 7.99. The van der Waals surface area contributed by atoms with Crippen LogP contribution in [0, 0.1) is 11.6 Å². The Morgan fingerprint density at radius 1 is 0.600 bits per heavy atom. The van der Waals surface area contributed by atoms with Gasteiger partial charge < -0.3 is 19.6 Å². The molecule has 0 bridgehead atoms. The monoisotopic (exact) mass is 502 g/mol. The molecule has 35 heavy (non-hydrogen) atoms. The van der Waals surface area contributed by atoms with Gasteiger partial charge in [0.1, 0.15) is 11.6 Å². The Balaban J connectivity index is 1.07. The number of thioether (sulfide) groups is 1. The van der Waals surface area contributed by atoms with Crippen molar-refractivity contribution in [3.05, 3.63) is 60.2 Å². The number of hydrogen-bond donors (Lipinski definition) is 0. The van der Waals surface area contributed by atoms with E-state index < -0.39 is 0 Å². The van der Waals surface area contributed by atoms with E-state index in [1.165, 1.54) is 24.3 Å². The number of carbonyl (C=O) groups is 2. The molecular formula is C26H32F2N4O2S. The third kappa shape index (κ3) is 7.10. The van der Waals surface area contributed by atoms with E-state index in [0.717, 1.165) is 37.6 Å². The molecule has 2 amide bonds. The molecule has 0 unspecified atom stereocenters. The van der Waals surface area contributed by atoms with Crippen LogP contribution in [0.25, 0.3) is 0 Å². The molecule has 0 spiro atoms. The van der Waals surface area contributed by atoms with Gasteiger partial charge in [0.2, 0.25) is 11.8 Å². The Morgan fingerprint density at radius 2 is 0.943 bits per heavy atom. The molecule has 2 aromatic carbocycles. The van der Waals surface area contributed by atoms with Crippen LogP contribution in [0.5, 0.6) is 0 Å². The van der Waals surface area contributed by atoms with Crippen LogP contribution in [0.3, 0.4) is 0 Å². The van der Waals surface area contributed by atoms with E-state index in [1.807, 2.05) is 9.80 Å². The van der Waals surface area contributed by atoms with Gasteiger partial charge in [-0.1, -0.05) is 0 Å². The first-order valence-corrected chi connectivity index (χ1v) is 13.3. The molecule has 2 heterocycles. The van der Waals surface area contributed by atoms with E-state index >= 15 is 0 Å². The third-order valence-corrected chi connectivity index (χ3v) is 7.55. The minimum atomic E-state index is -0.244. The van der Waals surface area contributed by atoms with Gasteiger partial charge in [-0.3, -0.25) is 9.59 Å². The molecule has 2 fully saturated rings. The maximum Gasteiger partial charge on any atom is 0.223 e. The molecule has 0 radical (unpaired) electrons. The zero-order valence-corrected chi connectivity index (χ0v) is 20.7. The summed E-state index contributed by atoms with van der Waals surface area (Å²) in [4.78, 5) is 33.2. The lowest BCUT2D eigenvalue weighted by Crippen LogP contribution is -2.49. The zero-order chi connectivity index (χ0) is 24.6. The summed E-state index contributed by atoms with van der Waals surface area (Å²) in [6.45, 7) is 5.65. The maximum atomic E-state index is 13.1. The predicted molar refractivity (Wildman–Crippen MR) is 137 cm³/mol. The highest BCUT2D eigenvalue weighted by Gasteiger charge is 2.22. The van der Waals surface area contributed by atoms with Crippen molar-refractivity contribution in [2.45, 2.75) is 12.8 Å². The normalized spacial score (nSPS) is 16.5. The fraction of sp³-hybridized carbons (Fsp3) is 0.462. The molecule has 2 saturated heterocycles. The van der Waals surface area contributed by atoms with Crippen LogP contribution in [0.1, 0.15) is 12.8 Å². The predicted octanol–water partition coefficient (Wildman–Crippen LogP) is 3.48. The van der Waals surface area contributed by atoms with Crippen molar-refractivity contribution in [1.82, 2.24) is 9.80 Å². The fourth-order valence-corrected chi connectivity index (χ4v) is 5.31. The quantitative estimate of drug-likeness (QED) is 0.518. The molecule has 0 saturated carbocycles. The molecule has 2 aliphatic rings. The average molecular weight is 503 g/mol. The first-order valence-electron chi connectivity index (χ1n) is 12.1. The molecular weight excluding hydrogens is 470 g/mol. The van der Waals surface area contributed by atoms with Crippen molar-refractivity contribution in [2.24, 2.45) is 0 Å². The van der Waals surface area contributed by atoms with Crippen LogP contribution in [0.15, 0.2) is 48.5 Å². The lowest BCUT2D eigenvalue weighted by molar-refractivity contribution is -0.131. The van der Waals surface area contributed by atoms with Crippen LogP contribution < -0.4 is 9.80 Å². The molecule has 0 atom stereocenters. The molecule has 0 N–H and O–H groups in total. The number of piperazine rings is 2.